The zero-order chi connectivity index (χ0) is 17.1. The molecule has 0 amide bonds. The molecule has 1 aromatic carbocycles. The van der Waals surface area contributed by atoms with E-state index in [-0.39, 0.29) is 11.3 Å². The van der Waals surface area contributed by atoms with E-state index in [9.17, 15) is 13.6 Å². The molecule has 2 unspecified atom stereocenters. The molecule has 0 saturated heterocycles. The van der Waals surface area contributed by atoms with Gasteiger partial charge < -0.3 is 10.6 Å². The SMILES string of the molecule is CN=CC(=CN)N1C=C(C)C(=O)C(C)C1c1c(F)cccc1F. The van der Waals surface area contributed by atoms with Gasteiger partial charge >= 0.3 is 0 Å². The van der Waals surface area contributed by atoms with Crippen molar-refractivity contribution in [1.82, 2.24) is 4.90 Å². The topological polar surface area (TPSA) is 58.7 Å². The second-order valence-electron chi connectivity index (χ2n) is 5.43. The zero-order valence-electron chi connectivity index (χ0n) is 13.3. The van der Waals surface area contributed by atoms with Gasteiger partial charge in [0, 0.05) is 42.7 Å². The number of halogens is 2. The molecule has 4 nitrogen and oxygen atoms in total. The number of Topliss-reactive ketones (excluding diaryl/α,β-unsaturated/α-hetero) is 1. The van der Waals surface area contributed by atoms with Crippen LogP contribution in [0.3, 0.4) is 0 Å². The Balaban J connectivity index is 2.67. The minimum Gasteiger partial charge on any atom is -0.403 e. The molecule has 2 atom stereocenters. The number of ketones is 1. The van der Waals surface area contributed by atoms with Gasteiger partial charge in [-0.15, -0.1) is 0 Å². The van der Waals surface area contributed by atoms with Crippen LogP contribution in [-0.4, -0.2) is 23.9 Å². The van der Waals surface area contributed by atoms with Crippen LogP contribution in [0, 0.1) is 17.6 Å². The molecule has 0 fully saturated rings. The number of aliphatic imine (C=N–C) groups is 1. The Kier molecular flexibility index (Phi) is 4.93. The number of rotatable bonds is 3. The van der Waals surface area contributed by atoms with E-state index < -0.39 is 23.6 Å². The van der Waals surface area contributed by atoms with Crippen LogP contribution in [0.15, 0.2) is 46.9 Å². The Morgan fingerprint density at radius 2 is 1.96 bits per heavy atom. The number of carbonyl (C=O) groups is 1. The quantitative estimate of drug-likeness (QED) is 0.872. The molecule has 1 aliphatic heterocycles. The van der Waals surface area contributed by atoms with Crippen LogP contribution < -0.4 is 5.73 Å². The lowest BCUT2D eigenvalue weighted by Gasteiger charge is -2.39. The second kappa shape index (κ2) is 6.73. The first-order valence-electron chi connectivity index (χ1n) is 7.21. The summed E-state index contributed by atoms with van der Waals surface area (Å²) in [6.45, 7) is 3.32. The van der Waals surface area contributed by atoms with E-state index in [0.717, 1.165) is 0 Å². The molecule has 2 rings (SSSR count). The van der Waals surface area contributed by atoms with Crippen molar-refractivity contribution in [2.24, 2.45) is 16.6 Å². The first kappa shape index (κ1) is 16.9. The number of allylic oxidation sites excluding steroid dienone is 2. The number of nitrogens with zero attached hydrogens (tertiary/aromatic N) is 2. The number of hydrogen-bond acceptors (Lipinski definition) is 4. The van der Waals surface area contributed by atoms with Crippen molar-refractivity contribution >= 4 is 12.0 Å². The summed E-state index contributed by atoms with van der Waals surface area (Å²) < 4.78 is 28.6. The Bertz CT molecular complexity index is 690. The van der Waals surface area contributed by atoms with Gasteiger partial charge in [-0.3, -0.25) is 9.79 Å². The summed E-state index contributed by atoms with van der Waals surface area (Å²) in [7, 11) is 1.57. The fourth-order valence-corrected chi connectivity index (χ4v) is 2.84. The van der Waals surface area contributed by atoms with Crippen LogP contribution in [0.25, 0.3) is 0 Å². The monoisotopic (exact) mass is 319 g/mol. The molecule has 0 bridgehead atoms. The lowest BCUT2D eigenvalue weighted by atomic mass is 9.84. The van der Waals surface area contributed by atoms with Crippen molar-refractivity contribution in [2.75, 3.05) is 7.05 Å². The third kappa shape index (κ3) is 3.02. The molecule has 122 valence electrons. The molecule has 0 radical (unpaired) electrons. The normalized spacial score (nSPS) is 22.7. The summed E-state index contributed by atoms with van der Waals surface area (Å²) in [4.78, 5) is 17.8. The van der Waals surface area contributed by atoms with Crippen LogP contribution in [0.4, 0.5) is 8.78 Å². The van der Waals surface area contributed by atoms with Crippen molar-refractivity contribution in [2.45, 2.75) is 19.9 Å². The van der Waals surface area contributed by atoms with E-state index in [4.69, 9.17) is 5.73 Å². The van der Waals surface area contributed by atoms with E-state index in [1.54, 1.807) is 32.0 Å². The number of nitrogens with two attached hydrogens (primary N) is 1. The lowest BCUT2D eigenvalue weighted by molar-refractivity contribution is -0.121. The summed E-state index contributed by atoms with van der Waals surface area (Å²) in [6.07, 6.45) is 4.34. The maximum Gasteiger partial charge on any atom is 0.165 e. The van der Waals surface area contributed by atoms with Crippen LogP contribution in [0.2, 0.25) is 0 Å². The van der Waals surface area contributed by atoms with Gasteiger partial charge in [-0.2, -0.15) is 0 Å². The third-order valence-corrected chi connectivity index (χ3v) is 3.93. The summed E-state index contributed by atoms with van der Waals surface area (Å²) in [5.74, 6) is -2.18. The van der Waals surface area contributed by atoms with E-state index in [1.807, 2.05) is 0 Å². The Morgan fingerprint density at radius 3 is 2.48 bits per heavy atom. The standard InChI is InChI=1S/C17H19F2N3O/c1-10-9-22(12(7-20)8-21-3)16(11(2)17(10)23)15-13(18)5-4-6-14(15)19/h4-9,11,16H,20H2,1-3H3. The largest absolute Gasteiger partial charge is 0.403 e. The summed E-state index contributed by atoms with van der Waals surface area (Å²) in [5, 5.41) is 0. The van der Waals surface area contributed by atoms with Gasteiger partial charge in [-0.05, 0) is 19.1 Å². The van der Waals surface area contributed by atoms with Crippen molar-refractivity contribution in [3.05, 3.63) is 59.1 Å². The molecule has 1 heterocycles. The minimum absolute atomic E-state index is 0.152. The van der Waals surface area contributed by atoms with Crippen LogP contribution in [0.1, 0.15) is 25.5 Å². The molecule has 23 heavy (non-hydrogen) atoms. The van der Waals surface area contributed by atoms with Crippen molar-refractivity contribution < 1.29 is 13.6 Å². The first-order chi connectivity index (χ1) is 10.9. The van der Waals surface area contributed by atoms with Crippen LogP contribution in [-0.2, 0) is 4.79 Å². The average Bonchev–Trinajstić information content (AvgIpc) is 2.52. The van der Waals surface area contributed by atoms with Crippen LogP contribution in [0.5, 0.6) is 0 Å². The zero-order valence-corrected chi connectivity index (χ0v) is 13.3. The van der Waals surface area contributed by atoms with Gasteiger partial charge in [0.2, 0.25) is 0 Å². The Morgan fingerprint density at radius 1 is 1.35 bits per heavy atom. The first-order valence-corrected chi connectivity index (χ1v) is 7.21. The molecular formula is C17H19F2N3O. The van der Waals surface area contributed by atoms with Crippen molar-refractivity contribution in [3.8, 4) is 0 Å². The van der Waals surface area contributed by atoms with E-state index in [0.29, 0.717) is 11.3 Å². The number of carbonyl (C=O) groups excluding carboxylic acids is 1. The van der Waals surface area contributed by atoms with Gasteiger partial charge in [0.25, 0.3) is 0 Å². The summed E-state index contributed by atoms with van der Waals surface area (Å²) >= 11 is 0. The maximum absolute atomic E-state index is 14.3. The molecule has 1 aliphatic rings. The highest BCUT2D eigenvalue weighted by atomic mass is 19.1. The highest BCUT2D eigenvalue weighted by Gasteiger charge is 2.38. The molecule has 1 aromatic rings. The fourth-order valence-electron chi connectivity index (χ4n) is 2.84. The molecule has 2 N–H and O–H groups in total. The van der Waals surface area contributed by atoms with Gasteiger partial charge in [0.15, 0.2) is 5.78 Å². The molecule has 0 saturated carbocycles. The summed E-state index contributed by atoms with van der Waals surface area (Å²) in [5.41, 5.74) is 6.44. The highest BCUT2D eigenvalue weighted by Crippen LogP contribution is 2.39. The molecule has 0 aliphatic carbocycles. The van der Waals surface area contributed by atoms with Crippen molar-refractivity contribution in [3.63, 3.8) is 0 Å². The summed E-state index contributed by atoms with van der Waals surface area (Å²) in [6, 6.07) is 2.82. The molecule has 0 aromatic heterocycles. The van der Waals surface area contributed by atoms with Gasteiger partial charge in [0.1, 0.15) is 11.6 Å². The number of benzene rings is 1. The number of hydrogen-bond donors (Lipinski definition) is 1. The maximum atomic E-state index is 14.3. The van der Waals surface area contributed by atoms with E-state index in [2.05, 4.69) is 4.99 Å². The predicted molar refractivity (Wildman–Crippen MR) is 85.6 cm³/mol. The van der Waals surface area contributed by atoms with E-state index >= 15 is 0 Å². The lowest BCUT2D eigenvalue weighted by Crippen LogP contribution is -2.38. The molecule has 6 heteroatoms. The predicted octanol–water partition coefficient (Wildman–Crippen LogP) is 2.93. The van der Waals surface area contributed by atoms with Crippen molar-refractivity contribution in [1.29, 1.82) is 0 Å². The van der Waals surface area contributed by atoms with Gasteiger partial charge in [0.05, 0.1) is 11.7 Å². The minimum atomic E-state index is -0.833. The highest BCUT2D eigenvalue weighted by molar-refractivity contribution is 5.98. The molecular weight excluding hydrogens is 300 g/mol. The Labute approximate surface area is 134 Å². The second-order valence-corrected chi connectivity index (χ2v) is 5.43. The Hall–Kier alpha value is -2.50. The van der Waals surface area contributed by atoms with Gasteiger partial charge in [-0.25, -0.2) is 8.78 Å². The molecule has 0 spiro atoms. The van der Waals surface area contributed by atoms with E-state index in [1.165, 1.54) is 30.6 Å². The fraction of sp³-hybridized carbons (Fsp3) is 0.294. The van der Waals surface area contributed by atoms with Crippen LogP contribution >= 0.6 is 0 Å². The average molecular weight is 319 g/mol. The third-order valence-electron chi connectivity index (χ3n) is 3.93. The van der Waals surface area contributed by atoms with Gasteiger partial charge in [-0.1, -0.05) is 13.0 Å². The smallest absolute Gasteiger partial charge is 0.165 e.